The maximum absolute atomic E-state index is 13.1. The molecule has 0 amide bonds. The Morgan fingerprint density at radius 2 is 0.471 bits per heavy atom. The number of ether oxygens (including phenoxy) is 4. The van der Waals surface area contributed by atoms with Crippen LogP contribution in [0.15, 0.2) is 0 Å². The number of unbranched alkanes of at least 4 members (excludes halogenated alkanes) is 45. The summed E-state index contributed by atoms with van der Waals surface area (Å²) < 4.78 is 68.7. The molecule has 4 unspecified atom stereocenters. The monoisotopic (exact) mass is 1490 g/mol. The Labute approximate surface area is 626 Å². The van der Waals surface area contributed by atoms with Gasteiger partial charge in [-0.15, -0.1) is 0 Å². The Morgan fingerprint density at radius 1 is 0.275 bits per heavy atom. The van der Waals surface area contributed by atoms with Crippen LogP contribution >= 0.6 is 15.6 Å². The summed E-state index contributed by atoms with van der Waals surface area (Å²) in [6.07, 6.45) is 59.9. The SMILES string of the molecule is CCC(C)CCCCCCCCCCC(=O)O[C@H](COC(=O)CCCCCCCCCCCCCCCCCCCCC(C)C)COP(=O)(O)OCC(O)COP(=O)(O)OC[C@@H](COC(=O)CCCCCCCCCC(C)C)OC(=O)CCCCCCCCCCCCCCCCCCC(C)C. The van der Waals surface area contributed by atoms with Gasteiger partial charge in [-0.05, 0) is 49.4 Å². The van der Waals surface area contributed by atoms with Crippen LogP contribution in [0.25, 0.3) is 0 Å². The first kappa shape index (κ1) is 100. The number of esters is 4. The molecule has 0 aromatic carbocycles. The van der Waals surface area contributed by atoms with E-state index in [1.807, 2.05) is 0 Å². The fourth-order valence-corrected chi connectivity index (χ4v) is 14.3. The highest BCUT2D eigenvalue weighted by atomic mass is 31.2. The predicted molar refractivity (Wildman–Crippen MR) is 418 cm³/mol. The summed E-state index contributed by atoms with van der Waals surface area (Å²) in [7, 11) is -9.92. The number of hydrogen-bond donors (Lipinski definition) is 3. The van der Waals surface area contributed by atoms with Crippen molar-refractivity contribution in [2.45, 2.75) is 446 Å². The van der Waals surface area contributed by atoms with Crippen molar-refractivity contribution in [2.75, 3.05) is 39.6 Å². The van der Waals surface area contributed by atoms with Gasteiger partial charge in [-0.25, -0.2) is 9.13 Å². The van der Waals surface area contributed by atoms with Crippen LogP contribution in [-0.4, -0.2) is 96.7 Å². The van der Waals surface area contributed by atoms with Gasteiger partial charge in [-0.3, -0.25) is 37.3 Å². The standard InChI is InChI=1S/C83H162O17P2/c1-9-76(8)62-54-46-38-32-33-41-50-58-66-83(88)100-78(69-93-80(85)63-55-47-39-30-26-22-18-13-11-10-12-16-20-24-28-35-43-51-59-73(2)3)71-97-101(89,90)95-67-77(84)68-96-102(91,92)98-72-79(70-94-81(86)64-56-48-42-34-37-45-53-61-75(6)7)99-82(87)65-57-49-40-31-27-23-19-15-14-17-21-25-29-36-44-52-60-74(4)5/h73-79,84H,9-72H2,1-8H3,(H,89,90)(H,91,92)/t76?,77?,78-,79-/m1/s1. The molecule has 0 aliphatic heterocycles. The lowest BCUT2D eigenvalue weighted by Crippen LogP contribution is -2.30. The molecule has 0 bridgehead atoms. The van der Waals surface area contributed by atoms with Crippen LogP contribution in [0.2, 0.25) is 0 Å². The minimum atomic E-state index is -4.96. The molecule has 0 aliphatic rings. The van der Waals surface area contributed by atoms with Crippen molar-refractivity contribution in [3.63, 3.8) is 0 Å². The molecule has 0 fully saturated rings. The van der Waals surface area contributed by atoms with Crippen molar-refractivity contribution >= 4 is 39.5 Å². The molecule has 0 spiro atoms. The van der Waals surface area contributed by atoms with Gasteiger partial charge in [0.25, 0.3) is 0 Å². The van der Waals surface area contributed by atoms with E-state index in [2.05, 4.69) is 55.4 Å². The van der Waals surface area contributed by atoms with Gasteiger partial charge in [0.15, 0.2) is 12.2 Å². The molecule has 0 saturated carbocycles. The van der Waals surface area contributed by atoms with Crippen molar-refractivity contribution in [1.29, 1.82) is 0 Å². The summed E-state index contributed by atoms with van der Waals surface area (Å²) >= 11 is 0. The normalized spacial score (nSPS) is 14.3. The third-order valence-corrected chi connectivity index (χ3v) is 21.6. The fraction of sp³-hybridized carbons (Fsp3) is 0.952. The number of rotatable bonds is 80. The summed E-state index contributed by atoms with van der Waals surface area (Å²) in [4.78, 5) is 73.0. The molecule has 606 valence electrons. The average molecular weight is 1490 g/mol. The second-order valence-corrected chi connectivity index (χ2v) is 34.4. The van der Waals surface area contributed by atoms with E-state index in [4.69, 9.17) is 37.0 Å². The molecule has 3 N–H and O–H groups in total. The Bertz CT molecular complexity index is 1990. The summed E-state index contributed by atoms with van der Waals surface area (Å²) in [5.41, 5.74) is 0. The van der Waals surface area contributed by atoms with Crippen molar-refractivity contribution in [3.05, 3.63) is 0 Å². The van der Waals surface area contributed by atoms with E-state index in [0.717, 1.165) is 114 Å². The third kappa shape index (κ3) is 74.9. The van der Waals surface area contributed by atoms with Crippen LogP contribution in [-0.2, 0) is 65.4 Å². The van der Waals surface area contributed by atoms with Crippen molar-refractivity contribution in [2.24, 2.45) is 23.7 Å². The summed E-state index contributed by atoms with van der Waals surface area (Å²) in [5, 5.41) is 10.6. The van der Waals surface area contributed by atoms with Gasteiger partial charge in [-0.1, -0.05) is 376 Å². The maximum atomic E-state index is 13.1. The second kappa shape index (κ2) is 72.0. The van der Waals surface area contributed by atoms with Crippen LogP contribution < -0.4 is 0 Å². The third-order valence-electron chi connectivity index (χ3n) is 19.7. The number of phosphoric ester groups is 2. The van der Waals surface area contributed by atoms with E-state index in [9.17, 15) is 43.2 Å². The fourth-order valence-electron chi connectivity index (χ4n) is 12.8. The lowest BCUT2D eigenvalue weighted by molar-refractivity contribution is -0.161. The van der Waals surface area contributed by atoms with Gasteiger partial charge in [0.2, 0.25) is 0 Å². The second-order valence-electron chi connectivity index (χ2n) is 31.5. The van der Waals surface area contributed by atoms with Crippen molar-refractivity contribution < 1.29 is 80.2 Å². The summed E-state index contributed by atoms with van der Waals surface area (Å²) in [6.45, 7) is 14.3. The van der Waals surface area contributed by atoms with Crippen LogP contribution in [0.4, 0.5) is 0 Å². The zero-order valence-corrected chi connectivity index (χ0v) is 69.0. The van der Waals surface area contributed by atoms with Gasteiger partial charge < -0.3 is 33.8 Å². The first-order chi connectivity index (χ1) is 49.1. The molecule has 19 heteroatoms. The molecule has 0 rings (SSSR count). The molecule has 0 aliphatic carbocycles. The molecule has 102 heavy (non-hydrogen) atoms. The van der Waals surface area contributed by atoms with E-state index < -0.39 is 97.5 Å². The number of carbonyl (C=O) groups excluding carboxylic acids is 4. The minimum absolute atomic E-state index is 0.105. The molecule has 0 saturated heterocycles. The zero-order valence-electron chi connectivity index (χ0n) is 67.2. The van der Waals surface area contributed by atoms with E-state index in [-0.39, 0.29) is 25.7 Å². The molecular weight excluding hydrogens is 1330 g/mol. The predicted octanol–water partition coefficient (Wildman–Crippen LogP) is 24.8. The van der Waals surface area contributed by atoms with Crippen LogP contribution in [0.1, 0.15) is 428 Å². The van der Waals surface area contributed by atoms with E-state index in [1.165, 1.54) is 225 Å². The topological polar surface area (TPSA) is 237 Å². The smallest absolute Gasteiger partial charge is 0.462 e. The summed E-state index contributed by atoms with van der Waals surface area (Å²) in [5.74, 6) is 0.992. The van der Waals surface area contributed by atoms with E-state index >= 15 is 0 Å². The first-order valence-corrected chi connectivity index (χ1v) is 45.7. The number of carbonyl (C=O) groups is 4. The largest absolute Gasteiger partial charge is 0.472 e. The lowest BCUT2D eigenvalue weighted by atomic mass is 9.99. The van der Waals surface area contributed by atoms with Crippen molar-refractivity contribution in [3.8, 4) is 0 Å². The molecule has 17 nitrogen and oxygen atoms in total. The quantitative estimate of drug-likeness (QED) is 0.0222. The van der Waals surface area contributed by atoms with Gasteiger partial charge >= 0.3 is 39.5 Å². The highest BCUT2D eigenvalue weighted by Gasteiger charge is 2.30. The lowest BCUT2D eigenvalue weighted by Gasteiger charge is -2.21. The molecule has 0 radical (unpaired) electrons. The number of aliphatic hydroxyl groups excluding tert-OH is 1. The van der Waals surface area contributed by atoms with Gasteiger partial charge in [0, 0.05) is 25.7 Å². The average Bonchev–Trinajstić information content (AvgIpc) is 0.920. The number of aliphatic hydroxyl groups is 1. The minimum Gasteiger partial charge on any atom is -0.462 e. The molecule has 0 heterocycles. The summed E-state index contributed by atoms with van der Waals surface area (Å²) in [6, 6.07) is 0. The van der Waals surface area contributed by atoms with E-state index in [0.29, 0.717) is 31.6 Å². The molecule has 0 aromatic heterocycles. The zero-order chi connectivity index (χ0) is 75.3. The van der Waals surface area contributed by atoms with Gasteiger partial charge in [-0.2, -0.15) is 0 Å². The number of phosphoric acid groups is 2. The van der Waals surface area contributed by atoms with Crippen LogP contribution in [0, 0.1) is 23.7 Å². The Hall–Kier alpha value is -1.94. The highest BCUT2D eigenvalue weighted by Crippen LogP contribution is 2.45. The Balaban J connectivity index is 5.17. The number of hydrogen-bond acceptors (Lipinski definition) is 15. The van der Waals surface area contributed by atoms with Crippen LogP contribution in [0.3, 0.4) is 0 Å². The Kier molecular flexibility index (Phi) is 70.6. The molecule has 0 aromatic rings. The van der Waals surface area contributed by atoms with Crippen molar-refractivity contribution in [1.82, 2.24) is 0 Å². The highest BCUT2D eigenvalue weighted by molar-refractivity contribution is 7.47. The molecule has 6 atom stereocenters. The Morgan fingerprint density at radius 3 is 0.696 bits per heavy atom. The van der Waals surface area contributed by atoms with Gasteiger partial charge in [0.1, 0.15) is 19.3 Å². The van der Waals surface area contributed by atoms with E-state index in [1.54, 1.807) is 0 Å². The van der Waals surface area contributed by atoms with Crippen LogP contribution in [0.5, 0.6) is 0 Å². The molecular formula is C83H162O17P2. The maximum Gasteiger partial charge on any atom is 0.472 e. The first-order valence-electron chi connectivity index (χ1n) is 42.7. The van der Waals surface area contributed by atoms with Gasteiger partial charge in [0.05, 0.1) is 26.4 Å².